The molecule has 1 aromatic heterocycles. The summed E-state index contributed by atoms with van der Waals surface area (Å²) in [6, 6.07) is 1.35. The average molecular weight is 219 g/mol. The molecule has 1 aromatic rings. The zero-order valence-electron chi connectivity index (χ0n) is 6.17. The van der Waals surface area contributed by atoms with E-state index in [2.05, 4.69) is 15.9 Å². The number of hydrogen-bond acceptors (Lipinski definition) is 2. The van der Waals surface area contributed by atoms with E-state index in [9.17, 15) is 9.59 Å². The fourth-order valence-electron chi connectivity index (χ4n) is 0.706. The Morgan fingerprint density at radius 2 is 1.82 bits per heavy atom. The molecule has 0 amide bonds. The van der Waals surface area contributed by atoms with Gasteiger partial charge in [0.25, 0.3) is 5.56 Å². The lowest BCUT2D eigenvalue weighted by Gasteiger charge is -2.01. The molecule has 0 aliphatic heterocycles. The quantitative estimate of drug-likeness (QED) is 0.569. The molecule has 1 rings (SSSR count). The second kappa shape index (κ2) is 2.65. The first-order valence-corrected chi connectivity index (χ1v) is 3.76. The van der Waals surface area contributed by atoms with Crippen molar-refractivity contribution in [2.45, 2.75) is 0 Å². The summed E-state index contributed by atoms with van der Waals surface area (Å²) in [6.45, 7) is 0. The molecule has 0 bridgehead atoms. The highest BCUT2D eigenvalue weighted by Crippen LogP contribution is 1.99. The molecular weight excluding hydrogens is 212 g/mol. The van der Waals surface area contributed by atoms with Gasteiger partial charge in [-0.15, -0.1) is 0 Å². The fourth-order valence-corrected chi connectivity index (χ4v) is 1.05. The van der Waals surface area contributed by atoms with E-state index in [4.69, 9.17) is 0 Å². The number of halogens is 1. The van der Waals surface area contributed by atoms with Gasteiger partial charge in [0.1, 0.15) is 0 Å². The highest BCUT2D eigenvalue weighted by Gasteiger charge is 2.00. The second-order valence-electron chi connectivity index (χ2n) is 2.21. The molecule has 60 valence electrons. The third kappa shape index (κ3) is 1.28. The van der Waals surface area contributed by atoms with E-state index in [-0.39, 0.29) is 11.2 Å². The van der Waals surface area contributed by atoms with Gasteiger partial charge in [0.05, 0.1) is 4.60 Å². The summed E-state index contributed by atoms with van der Waals surface area (Å²) in [5.74, 6) is 0. The van der Waals surface area contributed by atoms with Gasteiger partial charge in [-0.2, -0.15) is 0 Å². The summed E-state index contributed by atoms with van der Waals surface area (Å²) < 4.78 is 2.89. The van der Waals surface area contributed by atoms with Crippen LogP contribution in [0.25, 0.3) is 0 Å². The van der Waals surface area contributed by atoms with Crippen LogP contribution in [0.2, 0.25) is 0 Å². The van der Waals surface area contributed by atoms with Gasteiger partial charge in [-0.1, -0.05) is 0 Å². The monoisotopic (exact) mass is 218 g/mol. The van der Waals surface area contributed by atoms with E-state index < -0.39 is 0 Å². The van der Waals surface area contributed by atoms with Crippen molar-refractivity contribution in [1.82, 2.24) is 9.13 Å². The van der Waals surface area contributed by atoms with Gasteiger partial charge >= 0.3 is 5.69 Å². The molecule has 0 saturated carbocycles. The number of aromatic nitrogens is 2. The van der Waals surface area contributed by atoms with Gasteiger partial charge in [0.15, 0.2) is 0 Å². The van der Waals surface area contributed by atoms with Crippen molar-refractivity contribution in [3.8, 4) is 0 Å². The second-order valence-corrected chi connectivity index (χ2v) is 3.02. The molecule has 0 saturated heterocycles. The summed E-state index contributed by atoms with van der Waals surface area (Å²) in [7, 11) is 3.03. The molecule has 0 radical (unpaired) electrons. The molecular formula is C6H7BrN2O2. The van der Waals surface area contributed by atoms with E-state index in [0.29, 0.717) is 4.60 Å². The Morgan fingerprint density at radius 1 is 1.27 bits per heavy atom. The first kappa shape index (κ1) is 8.26. The summed E-state index contributed by atoms with van der Waals surface area (Å²) in [5, 5.41) is 0. The van der Waals surface area contributed by atoms with E-state index >= 15 is 0 Å². The van der Waals surface area contributed by atoms with Crippen LogP contribution in [-0.2, 0) is 14.1 Å². The number of nitrogens with zero attached hydrogens (tertiary/aromatic N) is 2. The van der Waals surface area contributed by atoms with Crippen LogP contribution in [0.15, 0.2) is 20.3 Å². The molecule has 5 heteroatoms. The Hall–Kier alpha value is -0.840. The first-order chi connectivity index (χ1) is 5.04. The lowest BCUT2D eigenvalue weighted by Crippen LogP contribution is -2.36. The summed E-state index contributed by atoms with van der Waals surface area (Å²) in [5.41, 5.74) is -0.635. The predicted octanol–water partition coefficient (Wildman–Crippen LogP) is -0.153. The Labute approximate surface area is 71.2 Å². The lowest BCUT2D eigenvalue weighted by molar-refractivity contribution is 0.673. The maximum Gasteiger partial charge on any atom is 0.331 e. The minimum absolute atomic E-state index is 0.306. The smallest absolute Gasteiger partial charge is 0.290 e. The summed E-state index contributed by atoms with van der Waals surface area (Å²) >= 11 is 3.08. The third-order valence-electron chi connectivity index (χ3n) is 1.47. The molecule has 0 fully saturated rings. The first-order valence-electron chi connectivity index (χ1n) is 2.96. The Bertz CT molecular complexity index is 391. The minimum Gasteiger partial charge on any atom is -0.290 e. The van der Waals surface area contributed by atoms with Crippen LogP contribution >= 0.6 is 15.9 Å². The molecule has 0 spiro atoms. The van der Waals surface area contributed by atoms with Gasteiger partial charge in [-0.25, -0.2) is 4.79 Å². The predicted molar refractivity (Wildman–Crippen MR) is 44.6 cm³/mol. The molecule has 0 unspecified atom stereocenters. The maximum absolute atomic E-state index is 11.1. The van der Waals surface area contributed by atoms with Crippen LogP contribution in [0.1, 0.15) is 0 Å². The van der Waals surface area contributed by atoms with Crippen molar-refractivity contribution in [2.75, 3.05) is 0 Å². The van der Waals surface area contributed by atoms with Gasteiger partial charge in [0, 0.05) is 20.2 Å². The van der Waals surface area contributed by atoms with Crippen molar-refractivity contribution in [3.63, 3.8) is 0 Å². The van der Waals surface area contributed by atoms with Crippen LogP contribution < -0.4 is 11.2 Å². The van der Waals surface area contributed by atoms with E-state index in [1.807, 2.05) is 0 Å². The highest BCUT2D eigenvalue weighted by molar-refractivity contribution is 9.10. The van der Waals surface area contributed by atoms with Crippen LogP contribution in [0.4, 0.5) is 0 Å². The van der Waals surface area contributed by atoms with Crippen molar-refractivity contribution < 1.29 is 0 Å². The van der Waals surface area contributed by atoms with Gasteiger partial charge in [-0.05, 0) is 15.9 Å². The van der Waals surface area contributed by atoms with Gasteiger partial charge in [0.2, 0.25) is 0 Å². The van der Waals surface area contributed by atoms with E-state index in [1.54, 1.807) is 7.05 Å². The average Bonchev–Trinajstić information content (AvgIpc) is 1.97. The molecule has 0 aliphatic carbocycles. The molecule has 11 heavy (non-hydrogen) atoms. The third-order valence-corrected chi connectivity index (χ3v) is 2.23. The molecule has 1 heterocycles. The molecule has 0 atom stereocenters. The Kier molecular flexibility index (Phi) is 1.99. The van der Waals surface area contributed by atoms with Crippen molar-refractivity contribution in [1.29, 1.82) is 0 Å². The summed E-state index contributed by atoms with van der Waals surface area (Å²) in [6.07, 6.45) is 0. The van der Waals surface area contributed by atoms with Crippen LogP contribution in [0, 0.1) is 0 Å². The van der Waals surface area contributed by atoms with Crippen molar-refractivity contribution in [3.05, 3.63) is 31.5 Å². The highest BCUT2D eigenvalue weighted by atomic mass is 79.9. The molecule has 0 aromatic carbocycles. The molecule has 0 aliphatic rings. The Balaban J connectivity index is 3.74. The lowest BCUT2D eigenvalue weighted by atomic mass is 10.6. The normalized spacial score (nSPS) is 10.1. The zero-order valence-corrected chi connectivity index (χ0v) is 7.75. The van der Waals surface area contributed by atoms with Gasteiger partial charge in [-0.3, -0.25) is 13.9 Å². The zero-order chi connectivity index (χ0) is 8.59. The number of rotatable bonds is 0. The summed E-state index contributed by atoms with van der Waals surface area (Å²) in [4.78, 5) is 22.0. The van der Waals surface area contributed by atoms with Crippen molar-refractivity contribution >= 4 is 15.9 Å². The van der Waals surface area contributed by atoms with Crippen LogP contribution in [-0.4, -0.2) is 9.13 Å². The Morgan fingerprint density at radius 3 is 2.36 bits per heavy atom. The fraction of sp³-hybridized carbons (Fsp3) is 0.333. The van der Waals surface area contributed by atoms with Crippen LogP contribution in [0.3, 0.4) is 0 Å². The number of hydrogen-bond donors (Lipinski definition) is 0. The molecule has 0 N–H and O–H groups in total. The maximum atomic E-state index is 11.1. The topological polar surface area (TPSA) is 44.0 Å². The van der Waals surface area contributed by atoms with Gasteiger partial charge < -0.3 is 0 Å². The molecule has 4 nitrogen and oxygen atoms in total. The van der Waals surface area contributed by atoms with E-state index in [0.717, 1.165) is 4.57 Å². The van der Waals surface area contributed by atoms with Crippen molar-refractivity contribution in [2.24, 2.45) is 14.1 Å². The van der Waals surface area contributed by atoms with Crippen LogP contribution in [0.5, 0.6) is 0 Å². The van der Waals surface area contributed by atoms with E-state index in [1.165, 1.54) is 17.7 Å². The standard InChI is InChI=1S/C6H7BrN2O2/c1-8-4(7)3-5(10)9(2)6(8)11/h3H,1-2H3. The largest absolute Gasteiger partial charge is 0.331 e. The SMILES string of the molecule is Cn1c(Br)cc(=O)n(C)c1=O. The minimum atomic E-state index is -0.329.